The second-order valence-electron chi connectivity index (χ2n) is 10.7. The van der Waals surface area contributed by atoms with E-state index in [0.29, 0.717) is 17.8 Å². The van der Waals surface area contributed by atoms with E-state index in [4.69, 9.17) is 4.74 Å². The first kappa shape index (κ1) is 19.9. The molecular weight excluding hydrogens is 368 g/mol. The minimum Gasteiger partial charge on any atom is -0.465 e. The zero-order valence-electron chi connectivity index (χ0n) is 18.4. The Balaban J connectivity index is 1.35. The molecule has 0 aliphatic heterocycles. The van der Waals surface area contributed by atoms with Gasteiger partial charge in [0.2, 0.25) is 0 Å². The Morgan fingerprint density at radius 1 is 1.00 bits per heavy atom. The van der Waals surface area contributed by atoms with Crippen molar-refractivity contribution in [1.29, 1.82) is 0 Å². The predicted molar refractivity (Wildman–Crippen MR) is 119 cm³/mol. The lowest BCUT2D eigenvalue weighted by molar-refractivity contribution is -0.147. The SMILES string of the molecule is C[C@@]12CC[C@H](OC=O)C[C@@H]1CC[C@@H]1[C@H]3CC=C(C#Cc4ccccc4)[C@@]3(C)CC[C@@H]12. The van der Waals surface area contributed by atoms with Crippen molar-refractivity contribution in [1.82, 2.24) is 0 Å². The summed E-state index contributed by atoms with van der Waals surface area (Å²) < 4.78 is 5.37. The highest BCUT2D eigenvalue weighted by Gasteiger charge is 2.58. The summed E-state index contributed by atoms with van der Waals surface area (Å²) >= 11 is 0. The number of fused-ring (bicyclic) bond motifs is 5. The summed E-state index contributed by atoms with van der Waals surface area (Å²) in [6.45, 7) is 5.72. The topological polar surface area (TPSA) is 26.3 Å². The molecule has 0 heterocycles. The van der Waals surface area contributed by atoms with E-state index in [1.807, 2.05) is 6.07 Å². The molecule has 0 amide bonds. The van der Waals surface area contributed by atoms with Crippen LogP contribution in [0.5, 0.6) is 0 Å². The Morgan fingerprint density at radius 2 is 1.83 bits per heavy atom. The molecular formula is C28H34O2. The van der Waals surface area contributed by atoms with Gasteiger partial charge in [-0.2, -0.15) is 0 Å². The van der Waals surface area contributed by atoms with Crippen molar-refractivity contribution >= 4 is 6.47 Å². The molecule has 0 N–H and O–H groups in total. The van der Waals surface area contributed by atoms with E-state index in [-0.39, 0.29) is 11.5 Å². The van der Waals surface area contributed by atoms with Crippen LogP contribution < -0.4 is 0 Å². The molecule has 0 unspecified atom stereocenters. The van der Waals surface area contributed by atoms with Gasteiger partial charge in [-0.05, 0) is 92.6 Å². The van der Waals surface area contributed by atoms with Gasteiger partial charge in [0, 0.05) is 16.6 Å². The van der Waals surface area contributed by atoms with Crippen molar-refractivity contribution in [3.63, 3.8) is 0 Å². The van der Waals surface area contributed by atoms with Crippen LogP contribution in [-0.2, 0) is 9.53 Å². The molecule has 0 radical (unpaired) electrons. The van der Waals surface area contributed by atoms with Crippen molar-refractivity contribution in [2.75, 3.05) is 0 Å². The van der Waals surface area contributed by atoms with Crippen LogP contribution in [0.2, 0.25) is 0 Å². The molecule has 3 fully saturated rings. The second-order valence-corrected chi connectivity index (χ2v) is 10.7. The Kier molecular flexibility index (Phi) is 5.04. The van der Waals surface area contributed by atoms with Crippen LogP contribution in [0.15, 0.2) is 42.0 Å². The zero-order valence-corrected chi connectivity index (χ0v) is 18.4. The van der Waals surface area contributed by atoms with E-state index < -0.39 is 0 Å². The van der Waals surface area contributed by atoms with Gasteiger partial charge in [-0.3, -0.25) is 4.79 Å². The van der Waals surface area contributed by atoms with Crippen molar-refractivity contribution < 1.29 is 9.53 Å². The number of carbonyl (C=O) groups is 1. The number of hydrogen-bond acceptors (Lipinski definition) is 2. The molecule has 30 heavy (non-hydrogen) atoms. The van der Waals surface area contributed by atoms with Gasteiger partial charge in [0.15, 0.2) is 0 Å². The first-order valence-corrected chi connectivity index (χ1v) is 11.9. The van der Waals surface area contributed by atoms with Crippen LogP contribution in [0, 0.1) is 46.3 Å². The summed E-state index contributed by atoms with van der Waals surface area (Å²) in [6, 6.07) is 10.4. The van der Waals surface area contributed by atoms with Gasteiger partial charge in [-0.25, -0.2) is 0 Å². The van der Waals surface area contributed by atoms with Crippen LogP contribution in [-0.4, -0.2) is 12.6 Å². The van der Waals surface area contributed by atoms with Crippen LogP contribution in [0.1, 0.15) is 70.8 Å². The van der Waals surface area contributed by atoms with E-state index in [1.54, 1.807) is 0 Å². The fourth-order valence-electron chi connectivity index (χ4n) is 7.84. The molecule has 0 bridgehead atoms. The number of allylic oxidation sites excluding steroid dienone is 2. The maximum absolute atomic E-state index is 10.8. The van der Waals surface area contributed by atoms with Crippen LogP contribution in [0.3, 0.4) is 0 Å². The Bertz CT molecular complexity index is 890. The predicted octanol–water partition coefficient (Wildman–Crippen LogP) is 6.16. The lowest BCUT2D eigenvalue weighted by atomic mass is 9.44. The maximum atomic E-state index is 10.8. The van der Waals surface area contributed by atoms with Crippen LogP contribution in [0.25, 0.3) is 0 Å². The molecule has 0 spiro atoms. The van der Waals surface area contributed by atoms with Gasteiger partial charge >= 0.3 is 0 Å². The van der Waals surface area contributed by atoms with E-state index in [1.165, 1.54) is 44.1 Å². The van der Waals surface area contributed by atoms with Gasteiger partial charge in [0.05, 0.1) is 0 Å². The molecule has 4 aliphatic carbocycles. The molecule has 1 aromatic carbocycles. The Hall–Kier alpha value is -2.01. The summed E-state index contributed by atoms with van der Waals surface area (Å²) in [5.41, 5.74) is 3.18. The number of hydrogen-bond donors (Lipinski definition) is 0. The van der Waals surface area contributed by atoms with Gasteiger partial charge in [0.25, 0.3) is 6.47 Å². The molecule has 158 valence electrons. The van der Waals surface area contributed by atoms with Gasteiger partial charge in [-0.15, -0.1) is 0 Å². The quantitative estimate of drug-likeness (QED) is 0.437. The molecule has 3 saturated carbocycles. The number of benzene rings is 1. The number of carbonyl (C=O) groups excluding carboxylic acids is 1. The normalized spacial score (nSPS) is 41.9. The largest absolute Gasteiger partial charge is 0.465 e. The van der Waals surface area contributed by atoms with Gasteiger partial charge in [0.1, 0.15) is 6.10 Å². The van der Waals surface area contributed by atoms with Crippen molar-refractivity contribution in [2.45, 2.75) is 71.3 Å². The molecule has 0 saturated heterocycles. The minimum absolute atomic E-state index is 0.152. The second kappa shape index (κ2) is 7.60. The standard InChI is InChI=1S/C28H34O2/c1-27-17-15-26-24(12-10-22-18-23(30-19-29)14-16-28(22,26)2)25(27)13-11-21(27)9-8-20-6-4-3-5-7-20/h3-7,11,19,22-26H,10,12-18H2,1-2H3/t22-,23-,24+,25+,26-,27+,28+/m0/s1. The fraction of sp³-hybridized carbons (Fsp3) is 0.607. The monoisotopic (exact) mass is 402 g/mol. The fourth-order valence-corrected chi connectivity index (χ4v) is 7.84. The van der Waals surface area contributed by atoms with E-state index >= 15 is 0 Å². The average Bonchev–Trinajstić information content (AvgIpc) is 3.10. The van der Waals surface area contributed by atoms with Gasteiger partial charge in [-0.1, -0.05) is 50.0 Å². The number of rotatable bonds is 2. The van der Waals surface area contributed by atoms with Crippen molar-refractivity contribution in [3.05, 3.63) is 47.5 Å². The first-order valence-electron chi connectivity index (χ1n) is 11.9. The average molecular weight is 403 g/mol. The maximum Gasteiger partial charge on any atom is 0.293 e. The smallest absolute Gasteiger partial charge is 0.293 e. The molecule has 7 atom stereocenters. The van der Waals surface area contributed by atoms with Crippen LogP contribution >= 0.6 is 0 Å². The van der Waals surface area contributed by atoms with Crippen molar-refractivity contribution in [2.24, 2.45) is 34.5 Å². The zero-order chi connectivity index (χ0) is 20.8. The van der Waals surface area contributed by atoms with Crippen LogP contribution in [0.4, 0.5) is 0 Å². The third kappa shape index (κ3) is 3.13. The first-order chi connectivity index (χ1) is 14.5. The summed E-state index contributed by atoms with van der Waals surface area (Å²) in [5.74, 6) is 10.1. The Morgan fingerprint density at radius 3 is 2.63 bits per heavy atom. The Labute approximate surface area is 181 Å². The molecule has 2 nitrogen and oxygen atoms in total. The minimum atomic E-state index is 0.152. The number of ether oxygens (including phenoxy) is 1. The van der Waals surface area contributed by atoms with Crippen molar-refractivity contribution in [3.8, 4) is 11.8 Å². The third-order valence-electron chi connectivity index (χ3n) is 9.56. The van der Waals surface area contributed by atoms with E-state index in [9.17, 15) is 4.79 Å². The molecule has 4 aliphatic rings. The molecule has 5 rings (SSSR count). The summed E-state index contributed by atoms with van der Waals surface area (Å²) in [5, 5.41) is 0. The lowest BCUT2D eigenvalue weighted by Crippen LogP contribution is -2.53. The van der Waals surface area contributed by atoms with Gasteiger partial charge < -0.3 is 4.74 Å². The summed E-state index contributed by atoms with van der Waals surface area (Å²) in [6.07, 6.45) is 12.4. The van der Waals surface area contributed by atoms with E-state index in [0.717, 1.165) is 36.2 Å². The molecule has 1 aromatic rings. The highest BCUT2D eigenvalue weighted by Crippen LogP contribution is 2.66. The highest BCUT2D eigenvalue weighted by atomic mass is 16.5. The molecule has 0 aromatic heterocycles. The third-order valence-corrected chi connectivity index (χ3v) is 9.56. The lowest BCUT2D eigenvalue weighted by Gasteiger charge is -2.60. The summed E-state index contributed by atoms with van der Waals surface area (Å²) in [4.78, 5) is 10.8. The molecule has 2 heteroatoms. The van der Waals surface area contributed by atoms with E-state index in [2.05, 4.69) is 56.0 Å². The highest BCUT2D eigenvalue weighted by molar-refractivity contribution is 5.45. The summed E-state index contributed by atoms with van der Waals surface area (Å²) in [7, 11) is 0.